The van der Waals surface area contributed by atoms with Crippen molar-refractivity contribution in [1.82, 2.24) is 0 Å². The first-order valence-corrected chi connectivity index (χ1v) is 22.9. The Balaban J connectivity index is 1.20. The number of ether oxygens (including phenoxy) is 1. The third kappa shape index (κ3) is 7.17. The van der Waals surface area contributed by atoms with Crippen LogP contribution < -0.4 is 10.4 Å². The molecule has 0 bridgehead atoms. The lowest BCUT2D eigenvalue weighted by atomic mass is 9.47. The summed E-state index contributed by atoms with van der Waals surface area (Å²) in [6, 6.07) is 22.3. The Morgan fingerprint density at radius 3 is 2.10 bits per heavy atom. The zero-order valence-corrected chi connectivity index (χ0v) is 35.0. The quantitative estimate of drug-likeness (QED) is 0.134. The molecule has 1 N–H and O–H groups in total. The van der Waals surface area contributed by atoms with Crippen LogP contribution in [0, 0.1) is 52.3 Å². The summed E-state index contributed by atoms with van der Waals surface area (Å²) in [6.07, 6.45) is 13.3. The number of carbonyl (C=O) groups excluding carboxylic acids is 1. The van der Waals surface area contributed by atoms with Gasteiger partial charge in [-0.05, 0) is 133 Å². The highest BCUT2D eigenvalue weighted by Crippen LogP contribution is 2.67. The molecule has 0 saturated heterocycles. The first-order valence-electron chi connectivity index (χ1n) is 21.0. The molecule has 286 valence electrons. The molecule has 0 aromatic heterocycles. The minimum Gasteiger partial charge on any atom is -0.466 e. The Hall–Kier alpha value is -2.21. The second-order valence-electron chi connectivity index (χ2n) is 19.4. The van der Waals surface area contributed by atoms with Crippen LogP contribution in [-0.4, -0.2) is 38.2 Å². The van der Waals surface area contributed by atoms with Crippen LogP contribution >= 0.6 is 0 Å². The van der Waals surface area contributed by atoms with Crippen molar-refractivity contribution in [2.75, 3.05) is 6.61 Å². The van der Waals surface area contributed by atoms with Crippen molar-refractivity contribution in [3.05, 3.63) is 72.3 Å². The molecule has 0 heterocycles. The van der Waals surface area contributed by atoms with Gasteiger partial charge in [-0.2, -0.15) is 0 Å². The van der Waals surface area contributed by atoms with Gasteiger partial charge in [-0.3, -0.25) is 4.79 Å². The van der Waals surface area contributed by atoms with Gasteiger partial charge in [0.25, 0.3) is 8.32 Å². The van der Waals surface area contributed by atoms with Crippen LogP contribution in [0.4, 0.5) is 0 Å². The van der Waals surface area contributed by atoms with Crippen LogP contribution in [0.1, 0.15) is 127 Å². The summed E-state index contributed by atoms with van der Waals surface area (Å²) in [6.45, 7) is 21.2. The number of allylic oxidation sites excluding steroid dienone is 1. The van der Waals surface area contributed by atoms with Crippen LogP contribution in [0.25, 0.3) is 0 Å². The van der Waals surface area contributed by atoms with E-state index in [9.17, 15) is 9.90 Å². The lowest BCUT2D eigenvalue weighted by Gasteiger charge is -2.59. The molecule has 0 spiro atoms. The van der Waals surface area contributed by atoms with Crippen LogP contribution in [0.3, 0.4) is 0 Å². The SMILES string of the molecule is CCOC(=O)[C@H](CC(C)C)C[C@H](O)[C@@H](C)[C@H]1CC[C@H]2[C@@H]3CC=C4C[C@@H](O[Si](c5ccccc5)(c5ccccc5)C(C)(C)C)CC[C@]4(C)[C@H]3CC[C@]12C. The lowest BCUT2D eigenvalue weighted by molar-refractivity contribution is -0.150. The fourth-order valence-electron chi connectivity index (χ4n) is 12.5. The largest absolute Gasteiger partial charge is 0.466 e. The molecule has 0 radical (unpaired) electrons. The van der Waals surface area contributed by atoms with Gasteiger partial charge in [0.2, 0.25) is 0 Å². The molecule has 3 saturated carbocycles. The minimum atomic E-state index is -2.61. The van der Waals surface area contributed by atoms with Gasteiger partial charge >= 0.3 is 5.97 Å². The molecule has 52 heavy (non-hydrogen) atoms. The van der Waals surface area contributed by atoms with Gasteiger partial charge < -0.3 is 14.3 Å². The van der Waals surface area contributed by atoms with E-state index in [1.807, 2.05) is 6.92 Å². The Kier molecular flexibility index (Phi) is 11.8. The molecule has 6 rings (SSSR count). The number of esters is 1. The van der Waals surface area contributed by atoms with E-state index in [0.717, 1.165) is 25.2 Å². The van der Waals surface area contributed by atoms with E-state index in [-0.39, 0.29) is 39.8 Å². The summed E-state index contributed by atoms with van der Waals surface area (Å²) < 4.78 is 13.2. The number of aliphatic hydroxyl groups excluding tert-OH is 1. The highest BCUT2D eigenvalue weighted by Gasteiger charge is 2.60. The van der Waals surface area contributed by atoms with Crippen molar-refractivity contribution in [3.63, 3.8) is 0 Å². The predicted octanol–water partition coefficient (Wildman–Crippen LogP) is 10.1. The van der Waals surface area contributed by atoms with E-state index < -0.39 is 14.4 Å². The lowest BCUT2D eigenvalue weighted by Crippen LogP contribution is -2.68. The Labute approximate surface area is 317 Å². The molecule has 0 aliphatic heterocycles. The number of hydrogen-bond acceptors (Lipinski definition) is 4. The number of hydrogen-bond donors (Lipinski definition) is 1. The van der Waals surface area contributed by atoms with E-state index in [4.69, 9.17) is 9.16 Å². The first-order chi connectivity index (χ1) is 24.7. The van der Waals surface area contributed by atoms with Gasteiger partial charge in [-0.1, -0.05) is 128 Å². The smallest absolute Gasteiger partial charge is 0.309 e. The van der Waals surface area contributed by atoms with E-state index in [1.165, 1.54) is 48.9 Å². The van der Waals surface area contributed by atoms with Crippen molar-refractivity contribution in [2.45, 2.75) is 144 Å². The van der Waals surface area contributed by atoms with Gasteiger partial charge in [0.05, 0.1) is 18.6 Å². The molecule has 3 fully saturated rings. The Bertz CT molecular complexity index is 1490. The number of aliphatic hydroxyl groups is 1. The van der Waals surface area contributed by atoms with Crippen LogP contribution in [-0.2, 0) is 14.0 Å². The van der Waals surface area contributed by atoms with Gasteiger partial charge in [-0.15, -0.1) is 0 Å². The normalized spacial score (nSPS) is 32.2. The molecule has 2 aromatic rings. The molecule has 4 aliphatic carbocycles. The van der Waals surface area contributed by atoms with Crippen LogP contribution in [0.15, 0.2) is 72.3 Å². The summed E-state index contributed by atoms with van der Waals surface area (Å²) in [5.41, 5.74) is 2.15. The Morgan fingerprint density at radius 1 is 0.885 bits per heavy atom. The number of carbonyl (C=O) groups is 1. The van der Waals surface area contributed by atoms with Crippen LogP contribution in [0.5, 0.6) is 0 Å². The fraction of sp³-hybridized carbons (Fsp3) is 0.681. The molecule has 4 aliphatic rings. The van der Waals surface area contributed by atoms with Crippen molar-refractivity contribution >= 4 is 24.7 Å². The molecular formula is C47H70O4Si. The van der Waals surface area contributed by atoms with E-state index in [2.05, 4.69) is 122 Å². The van der Waals surface area contributed by atoms with E-state index >= 15 is 0 Å². The van der Waals surface area contributed by atoms with Crippen molar-refractivity contribution in [3.8, 4) is 0 Å². The summed E-state index contributed by atoms with van der Waals surface area (Å²) in [7, 11) is -2.61. The van der Waals surface area contributed by atoms with Crippen LogP contribution in [0.2, 0.25) is 5.04 Å². The fourth-order valence-corrected chi connectivity index (χ4v) is 17.2. The maximum absolute atomic E-state index is 12.9. The summed E-state index contributed by atoms with van der Waals surface area (Å²) in [4.78, 5) is 12.9. The zero-order chi connectivity index (χ0) is 37.5. The topological polar surface area (TPSA) is 55.8 Å². The van der Waals surface area contributed by atoms with Gasteiger partial charge in [-0.25, -0.2) is 0 Å². The summed E-state index contributed by atoms with van der Waals surface area (Å²) >= 11 is 0. The van der Waals surface area contributed by atoms with Crippen molar-refractivity contribution in [2.24, 2.45) is 52.3 Å². The monoisotopic (exact) mass is 727 g/mol. The maximum Gasteiger partial charge on any atom is 0.309 e. The van der Waals surface area contributed by atoms with Gasteiger partial charge in [0, 0.05) is 6.10 Å². The van der Waals surface area contributed by atoms with Crippen molar-refractivity contribution in [1.29, 1.82) is 0 Å². The van der Waals surface area contributed by atoms with Gasteiger partial charge in [0.1, 0.15) is 0 Å². The average molecular weight is 727 g/mol. The van der Waals surface area contributed by atoms with E-state index in [0.29, 0.717) is 36.7 Å². The number of benzene rings is 2. The zero-order valence-electron chi connectivity index (χ0n) is 34.0. The molecule has 0 amide bonds. The number of fused-ring (bicyclic) bond motifs is 5. The third-order valence-electron chi connectivity index (χ3n) is 15.0. The highest BCUT2D eigenvalue weighted by atomic mass is 28.4. The molecule has 2 aromatic carbocycles. The molecule has 0 unspecified atom stereocenters. The number of rotatable bonds is 12. The third-order valence-corrected chi connectivity index (χ3v) is 20.1. The molecule has 5 heteroatoms. The summed E-state index contributed by atoms with van der Waals surface area (Å²) in [5.74, 6) is 2.83. The second-order valence-corrected chi connectivity index (χ2v) is 23.6. The summed E-state index contributed by atoms with van der Waals surface area (Å²) in [5, 5.41) is 14.4. The first kappa shape index (κ1) is 39.5. The maximum atomic E-state index is 12.9. The van der Waals surface area contributed by atoms with Crippen molar-refractivity contribution < 1.29 is 19.1 Å². The highest BCUT2D eigenvalue weighted by molar-refractivity contribution is 6.99. The molecular weight excluding hydrogens is 657 g/mol. The predicted molar refractivity (Wildman–Crippen MR) is 217 cm³/mol. The molecule has 10 atom stereocenters. The van der Waals surface area contributed by atoms with Gasteiger partial charge in [0.15, 0.2) is 0 Å². The minimum absolute atomic E-state index is 0.0196. The molecule has 4 nitrogen and oxygen atoms in total. The van der Waals surface area contributed by atoms with E-state index in [1.54, 1.807) is 5.57 Å². The standard InChI is InChI=1S/C47H70O4Si/c1-10-50-44(49)34(29-32(2)3)30-43(48)33(4)40-23-24-41-39-22-21-35-31-36(25-27-46(35,8)42(39)26-28-47(40,41)9)51-52(45(5,6)7,37-17-13-11-14-18-37)38-19-15-12-16-20-38/h11-21,32-34,36,39-43,48H,10,22-31H2,1-9H3/t33-,34+,36-,39-,40+,41-,42-,43-,46-,47+/m0/s1. The second kappa shape index (κ2) is 15.5. The Morgan fingerprint density at radius 2 is 1.52 bits per heavy atom. The average Bonchev–Trinajstić information content (AvgIpc) is 3.47.